The predicted octanol–water partition coefficient (Wildman–Crippen LogP) is 4.45. The maximum absolute atomic E-state index is 12.6. The molecular formula is C20H28N2O3. The highest BCUT2D eigenvalue weighted by Crippen LogP contribution is 2.23. The van der Waals surface area contributed by atoms with Crippen molar-refractivity contribution in [1.29, 1.82) is 0 Å². The zero-order valence-electron chi connectivity index (χ0n) is 15.6. The molecule has 5 nitrogen and oxygen atoms in total. The molecule has 0 saturated carbocycles. The highest BCUT2D eigenvalue weighted by Gasteiger charge is 2.21. The molecule has 1 aromatic heterocycles. The Bertz CT molecular complexity index is 677. The fourth-order valence-electron chi connectivity index (χ4n) is 2.70. The van der Waals surface area contributed by atoms with Crippen molar-refractivity contribution in [3.8, 4) is 11.6 Å². The van der Waals surface area contributed by atoms with Crippen LogP contribution in [0.2, 0.25) is 0 Å². The summed E-state index contributed by atoms with van der Waals surface area (Å²) in [4.78, 5) is 12.6. The number of aryl methyl sites for hydroxylation is 1. The minimum Gasteiger partial charge on any atom is -0.407 e. The van der Waals surface area contributed by atoms with Gasteiger partial charge in [0.05, 0.1) is 23.9 Å². The molecule has 0 bridgehead atoms. The summed E-state index contributed by atoms with van der Waals surface area (Å²) < 4.78 is 12.5. The first-order chi connectivity index (χ1) is 12.1. The number of unbranched alkanes of at least 4 members (excludes halogenated alkanes) is 1. The van der Waals surface area contributed by atoms with Crippen molar-refractivity contribution in [2.24, 2.45) is 5.92 Å². The summed E-state index contributed by atoms with van der Waals surface area (Å²) in [6.07, 6.45) is 3.74. The normalized spacial score (nSPS) is 12.2. The van der Waals surface area contributed by atoms with Gasteiger partial charge < -0.3 is 9.47 Å². The number of hydrogen-bond acceptors (Lipinski definition) is 4. The van der Waals surface area contributed by atoms with Crippen LogP contribution in [0.5, 0.6) is 5.88 Å². The molecule has 2 aromatic rings. The van der Waals surface area contributed by atoms with E-state index in [0.29, 0.717) is 12.5 Å². The number of hydrogen-bond donors (Lipinski definition) is 0. The van der Waals surface area contributed by atoms with E-state index in [1.807, 2.05) is 38.1 Å². The van der Waals surface area contributed by atoms with Crippen LogP contribution in [0.1, 0.15) is 50.8 Å². The molecule has 0 N–H and O–H groups in total. The number of carbonyl (C=O) groups excluding carboxylic acids is 1. The molecule has 136 valence electrons. The Balaban J connectivity index is 2.26. The number of nitrogens with zero attached hydrogens (tertiary/aromatic N) is 2. The Hall–Kier alpha value is -2.14. The minimum atomic E-state index is -0.187. The topological polar surface area (TPSA) is 53.4 Å². The van der Waals surface area contributed by atoms with Gasteiger partial charge in [0.2, 0.25) is 5.88 Å². The van der Waals surface area contributed by atoms with E-state index in [-0.39, 0.29) is 11.9 Å². The van der Waals surface area contributed by atoms with E-state index in [1.165, 1.54) is 0 Å². The highest BCUT2D eigenvalue weighted by molar-refractivity contribution is 5.74. The quantitative estimate of drug-likeness (QED) is 0.631. The van der Waals surface area contributed by atoms with Crippen LogP contribution in [0, 0.1) is 12.8 Å². The van der Waals surface area contributed by atoms with Crippen LogP contribution in [-0.2, 0) is 16.1 Å². The second-order valence-electron chi connectivity index (χ2n) is 6.32. The summed E-state index contributed by atoms with van der Waals surface area (Å²) in [5, 5.41) is 4.51. The number of rotatable bonds is 9. The Morgan fingerprint density at radius 3 is 2.56 bits per heavy atom. The van der Waals surface area contributed by atoms with E-state index in [0.717, 1.165) is 42.6 Å². The van der Waals surface area contributed by atoms with E-state index in [9.17, 15) is 4.79 Å². The van der Waals surface area contributed by atoms with E-state index in [2.05, 4.69) is 12.0 Å². The zero-order valence-corrected chi connectivity index (χ0v) is 15.6. The van der Waals surface area contributed by atoms with Gasteiger partial charge >= 0.3 is 5.97 Å². The molecular weight excluding hydrogens is 316 g/mol. The van der Waals surface area contributed by atoms with Gasteiger partial charge in [0, 0.05) is 13.2 Å². The third kappa shape index (κ3) is 5.16. The second-order valence-corrected chi connectivity index (χ2v) is 6.32. The summed E-state index contributed by atoms with van der Waals surface area (Å²) in [6, 6.07) is 9.71. The smallest absolute Gasteiger partial charge is 0.315 e. The van der Waals surface area contributed by atoms with Crippen molar-refractivity contribution >= 4 is 5.97 Å². The van der Waals surface area contributed by atoms with E-state index in [4.69, 9.17) is 9.47 Å². The standard InChI is InChI=1S/C20H28N2O3/c1-5-7-8-16(6-2)20(23)25-19-13-17(14-24-4)21-22(19)18-11-9-15(3)10-12-18/h9-13,16H,5-8,14H2,1-4H3. The summed E-state index contributed by atoms with van der Waals surface area (Å²) >= 11 is 0. The van der Waals surface area contributed by atoms with Gasteiger partial charge in [-0.25, -0.2) is 4.68 Å². The molecule has 0 fully saturated rings. The number of methoxy groups -OCH3 is 1. The fraction of sp³-hybridized carbons (Fsp3) is 0.500. The monoisotopic (exact) mass is 344 g/mol. The number of ether oxygens (including phenoxy) is 2. The van der Waals surface area contributed by atoms with Gasteiger partial charge in [-0.05, 0) is 31.9 Å². The lowest BCUT2D eigenvalue weighted by Crippen LogP contribution is -2.21. The van der Waals surface area contributed by atoms with Crippen LogP contribution in [0.25, 0.3) is 5.69 Å². The largest absolute Gasteiger partial charge is 0.407 e. The summed E-state index contributed by atoms with van der Waals surface area (Å²) in [7, 11) is 1.62. The van der Waals surface area contributed by atoms with Gasteiger partial charge in [-0.1, -0.05) is 44.4 Å². The van der Waals surface area contributed by atoms with Crippen LogP contribution in [0.4, 0.5) is 0 Å². The maximum Gasteiger partial charge on any atom is 0.315 e. The highest BCUT2D eigenvalue weighted by atomic mass is 16.5. The molecule has 25 heavy (non-hydrogen) atoms. The molecule has 0 aliphatic rings. The molecule has 1 atom stereocenters. The zero-order chi connectivity index (χ0) is 18.2. The Morgan fingerprint density at radius 2 is 1.96 bits per heavy atom. The van der Waals surface area contributed by atoms with Gasteiger partial charge in [0.15, 0.2) is 0 Å². The second kappa shape index (κ2) is 9.37. The Labute approximate surface area is 149 Å². The first kappa shape index (κ1) is 19.2. The molecule has 0 aliphatic carbocycles. The van der Waals surface area contributed by atoms with Crippen LogP contribution >= 0.6 is 0 Å². The third-order valence-corrected chi connectivity index (χ3v) is 4.24. The number of carbonyl (C=O) groups is 1. The lowest BCUT2D eigenvalue weighted by molar-refractivity contribution is -0.139. The van der Waals surface area contributed by atoms with Crippen molar-refractivity contribution in [1.82, 2.24) is 9.78 Å². The molecule has 0 aliphatic heterocycles. The van der Waals surface area contributed by atoms with Crippen LogP contribution in [0.3, 0.4) is 0 Å². The molecule has 0 radical (unpaired) electrons. The third-order valence-electron chi connectivity index (χ3n) is 4.24. The van der Waals surface area contributed by atoms with Crippen LogP contribution in [0.15, 0.2) is 30.3 Å². The minimum absolute atomic E-state index is 0.0767. The molecule has 1 heterocycles. The average Bonchev–Trinajstić information content (AvgIpc) is 2.99. The van der Waals surface area contributed by atoms with Crippen LogP contribution < -0.4 is 4.74 Å². The van der Waals surface area contributed by atoms with Gasteiger partial charge in [0.1, 0.15) is 0 Å². The SMILES string of the molecule is CCCCC(CC)C(=O)Oc1cc(COC)nn1-c1ccc(C)cc1. The first-order valence-corrected chi connectivity index (χ1v) is 8.95. The number of aromatic nitrogens is 2. The molecule has 0 saturated heterocycles. The average molecular weight is 344 g/mol. The van der Waals surface area contributed by atoms with Gasteiger partial charge in [0.25, 0.3) is 0 Å². The molecule has 2 rings (SSSR count). The number of esters is 1. The maximum atomic E-state index is 12.6. The van der Waals surface area contributed by atoms with Crippen molar-refractivity contribution < 1.29 is 14.3 Å². The molecule has 1 aromatic carbocycles. The van der Waals surface area contributed by atoms with E-state index in [1.54, 1.807) is 17.9 Å². The molecule has 5 heteroatoms. The van der Waals surface area contributed by atoms with Gasteiger partial charge in [-0.2, -0.15) is 5.10 Å². The van der Waals surface area contributed by atoms with Crippen molar-refractivity contribution in [2.45, 2.75) is 53.1 Å². The summed E-state index contributed by atoms with van der Waals surface area (Å²) in [5.41, 5.74) is 2.75. The lowest BCUT2D eigenvalue weighted by Gasteiger charge is -2.14. The fourth-order valence-corrected chi connectivity index (χ4v) is 2.70. The van der Waals surface area contributed by atoms with Gasteiger partial charge in [-0.15, -0.1) is 0 Å². The van der Waals surface area contributed by atoms with Crippen molar-refractivity contribution in [3.63, 3.8) is 0 Å². The summed E-state index contributed by atoms with van der Waals surface area (Å²) in [5.74, 6) is 0.177. The molecule has 1 unspecified atom stereocenters. The van der Waals surface area contributed by atoms with E-state index >= 15 is 0 Å². The predicted molar refractivity (Wildman–Crippen MR) is 98.0 cm³/mol. The van der Waals surface area contributed by atoms with Crippen molar-refractivity contribution in [2.75, 3.05) is 7.11 Å². The first-order valence-electron chi connectivity index (χ1n) is 8.95. The van der Waals surface area contributed by atoms with Gasteiger partial charge in [-0.3, -0.25) is 4.79 Å². The molecule has 0 spiro atoms. The van der Waals surface area contributed by atoms with E-state index < -0.39 is 0 Å². The van der Waals surface area contributed by atoms with Crippen LogP contribution in [-0.4, -0.2) is 22.9 Å². The lowest BCUT2D eigenvalue weighted by atomic mass is 10.00. The number of benzene rings is 1. The van der Waals surface area contributed by atoms with Crippen molar-refractivity contribution in [3.05, 3.63) is 41.6 Å². The summed E-state index contributed by atoms with van der Waals surface area (Å²) in [6.45, 7) is 6.55. The Morgan fingerprint density at radius 1 is 1.24 bits per heavy atom. The molecule has 0 amide bonds. The Kier molecular flexibility index (Phi) is 7.19.